The average Bonchev–Trinajstić information content (AvgIpc) is 2.78. The van der Waals surface area contributed by atoms with Crippen LogP contribution in [0.5, 0.6) is 5.75 Å². The van der Waals surface area contributed by atoms with Gasteiger partial charge in [0.2, 0.25) is 0 Å². The first-order valence-electron chi connectivity index (χ1n) is 10.4. The standard InChI is InChI=1S/C23H31ClN4O2.HI/c1-3-25-23(27-16-19-8-9-21(24)14-22(19)29-2)26-15-18-6-4-5-7-20(18)17-28-10-12-30-13-11-28;/h4-9,14H,3,10-13,15-17H2,1-2H3,(H2,25,26,27);1H. The fourth-order valence-corrected chi connectivity index (χ4v) is 3.58. The first-order chi connectivity index (χ1) is 14.7. The molecule has 2 aromatic carbocycles. The summed E-state index contributed by atoms with van der Waals surface area (Å²) in [5.41, 5.74) is 3.60. The number of rotatable bonds is 8. The summed E-state index contributed by atoms with van der Waals surface area (Å²) in [6.07, 6.45) is 0. The number of morpholine rings is 1. The van der Waals surface area contributed by atoms with E-state index in [0.717, 1.165) is 56.7 Å². The summed E-state index contributed by atoms with van der Waals surface area (Å²) in [6.45, 7) is 8.60. The van der Waals surface area contributed by atoms with E-state index in [4.69, 9.17) is 26.1 Å². The van der Waals surface area contributed by atoms with Crippen LogP contribution in [0.25, 0.3) is 0 Å². The Morgan fingerprint density at radius 2 is 1.84 bits per heavy atom. The summed E-state index contributed by atoms with van der Waals surface area (Å²) in [6, 6.07) is 14.2. The molecular weight excluding hydrogens is 527 g/mol. The molecule has 1 aliphatic rings. The molecule has 0 amide bonds. The highest BCUT2D eigenvalue weighted by molar-refractivity contribution is 14.0. The average molecular weight is 559 g/mol. The summed E-state index contributed by atoms with van der Waals surface area (Å²) in [4.78, 5) is 7.17. The molecule has 0 aliphatic carbocycles. The van der Waals surface area contributed by atoms with Crippen molar-refractivity contribution < 1.29 is 9.47 Å². The molecule has 8 heteroatoms. The second-order valence-electron chi connectivity index (χ2n) is 7.16. The molecule has 1 heterocycles. The second-order valence-corrected chi connectivity index (χ2v) is 7.60. The maximum absolute atomic E-state index is 6.06. The van der Waals surface area contributed by atoms with Crippen LogP contribution in [0.1, 0.15) is 23.6 Å². The first-order valence-corrected chi connectivity index (χ1v) is 10.8. The minimum Gasteiger partial charge on any atom is -0.496 e. The molecule has 1 fully saturated rings. The number of nitrogens with zero attached hydrogens (tertiary/aromatic N) is 2. The number of halogens is 2. The predicted molar refractivity (Wildman–Crippen MR) is 138 cm³/mol. The lowest BCUT2D eigenvalue weighted by Crippen LogP contribution is -2.38. The van der Waals surface area contributed by atoms with Crippen LogP contribution in [0.3, 0.4) is 0 Å². The van der Waals surface area contributed by atoms with Crippen molar-refractivity contribution in [2.75, 3.05) is 40.0 Å². The van der Waals surface area contributed by atoms with Crippen LogP contribution in [-0.2, 0) is 24.4 Å². The van der Waals surface area contributed by atoms with Crippen LogP contribution in [0.2, 0.25) is 5.02 Å². The van der Waals surface area contributed by atoms with E-state index in [0.29, 0.717) is 18.1 Å². The largest absolute Gasteiger partial charge is 0.496 e. The van der Waals surface area contributed by atoms with Crippen molar-refractivity contribution in [3.8, 4) is 5.75 Å². The Morgan fingerprint density at radius 3 is 2.55 bits per heavy atom. The van der Waals surface area contributed by atoms with Gasteiger partial charge in [0, 0.05) is 43.3 Å². The van der Waals surface area contributed by atoms with Crippen molar-refractivity contribution in [1.82, 2.24) is 15.5 Å². The minimum absolute atomic E-state index is 0. The molecule has 1 aliphatic heterocycles. The Kier molecular flexibility index (Phi) is 11.4. The summed E-state index contributed by atoms with van der Waals surface area (Å²) in [5.74, 6) is 1.52. The highest BCUT2D eigenvalue weighted by Gasteiger charge is 2.13. The zero-order valence-corrected chi connectivity index (χ0v) is 21.3. The van der Waals surface area contributed by atoms with Crippen LogP contribution in [0, 0.1) is 0 Å². The summed E-state index contributed by atoms with van der Waals surface area (Å²) in [7, 11) is 1.65. The molecule has 31 heavy (non-hydrogen) atoms. The molecule has 0 spiro atoms. The van der Waals surface area contributed by atoms with Crippen LogP contribution in [0.4, 0.5) is 0 Å². The summed E-state index contributed by atoms with van der Waals surface area (Å²) in [5, 5.41) is 7.43. The lowest BCUT2D eigenvalue weighted by Gasteiger charge is -2.27. The second kappa shape index (κ2) is 13.8. The van der Waals surface area contributed by atoms with Gasteiger partial charge in [-0.2, -0.15) is 0 Å². The SMILES string of the molecule is CCNC(=NCc1ccc(Cl)cc1OC)NCc1ccccc1CN1CCOCC1.I. The molecule has 0 unspecified atom stereocenters. The molecule has 2 aromatic rings. The van der Waals surface area contributed by atoms with E-state index in [2.05, 4.69) is 46.7 Å². The molecule has 3 rings (SSSR count). The van der Waals surface area contributed by atoms with Crippen molar-refractivity contribution in [1.29, 1.82) is 0 Å². The molecule has 1 saturated heterocycles. The Labute approximate surface area is 207 Å². The van der Waals surface area contributed by atoms with E-state index in [9.17, 15) is 0 Å². The van der Waals surface area contributed by atoms with Gasteiger partial charge >= 0.3 is 0 Å². The summed E-state index contributed by atoms with van der Waals surface area (Å²) < 4.78 is 10.9. The molecule has 0 radical (unpaired) electrons. The number of benzene rings is 2. The van der Waals surface area contributed by atoms with Gasteiger partial charge in [-0.1, -0.05) is 41.9 Å². The molecule has 0 atom stereocenters. The third kappa shape index (κ3) is 8.14. The van der Waals surface area contributed by atoms with E-state index in [1.54, 1.807) is 7.11 Å². The molecule has 0 bridgehead atoms. The third-order valence-corrected chi connectivity index (χ3v) is 5.30. The Balaban J connectivity index is 0.00000341. The Bertz CT molecular complexity index is 844. The smallest absolute Gasteiger partial charge is 0.191 e. The number of ether oxygens (including phenoxy) is 2. The van der Waals surface area contributed by atoms with Gasteiger partial charge in [-0.3, -0.25) is 4.90 Å². The van der Waals surface area contributed by atoms with Gasteiger partial charge in [-0.05, 0) is 30.2 Å². The fraction of sp³-hybridized carbons (Fsp3) is 0.435. The molecule has 6 nitrogen and oxygen atoms in total. The van der Waals surface area contributed by atoms with E-state index in [-0.39, 0.29) is 24.0 Å². The number of nitrogens with one attached hydrogen (secondary N) is 2. The molecule has 0 saturated carbocycles. The van der Waals surface area contributed by atoms with Crippen LogP contribution in [-0.4, -0.2) is 50.8 Å². The zero-order valence-electron chi connectivity index (χ0n) is 18.2. The molecule has 170 valence electrons. The van der Waals surface area contributed by atoms with Gasteiger partial charge in [0.05, 0.1) is 26.9 Å². The Hall–Kier alpha value is -1.55. The maximum atomic E-state index is 6.06. The van der Waals surface area contributed by atoms with E-state index in [1.165, 1.54) is 11.1 Å². The van der Waals surface area contributed by atoms with Crippen molar-refractivity contribution in [2.45, 2.75) is 26.6 Å². The quantitative estimate of drug-likeness (QED) is 0.291. The maximum Gasteiger partial charge on any atom is 0.191 e. The Morgan fingerprint density at radius 1 is 1.10 bits per heavy atom. The predicted octanol–water partition coefficient (Wildman–Crippen LogP) is 4.05. The van der Waals surface area contributed by atoms with Crippen molar-refractivity contribution in [2.24, 2.45) is 4.99 Å². The normalized spacial score (nSPS) is 14.6. The van der Waals surface area contributed by atoms with Gasteiger partial charge in [-0.15, -0.1) is 24.0 Å². The van der Waals surface area contributed by atoms with Crippen LogP contribution in [0.15, 0.2) is 47.5 Å². The number of aliphatic imine (C=N–C) groups is 1. The van der Waals surface area contributed by atoms with Crippen molar-refractivity contribution >= 4 is 41.5 Å². The van der Waals surface area contributed by atoms with Gasteiger partial charge in [0.25, 0.3) is 0 Å². The highest BCUT2D eigenvalue weighted by atomic mass is 127. The van der Waals surface area contributed by atoms with Crippen LogP contribution >= 0.6 is 35.6 Å². The highest BCUT2D eigenvalue weighted by Crippen LogP contribution is 2.23. The molecule has 2 N–H and O–H groups in total. The minimum atomic E-state index is 0. The van der Waals surface area contributed by atoms with E-state index < -0.39 is 0 Å². The lowest BCUT2D eigenvalue weighted by molar-refractivity contribution is 0.0341. The van der Waals surface area contributed by atoms with Gasteiger partial charge < -0.3 is 20.1 Å². The van der Waals surface area contributed by atoms with Gasteiger partial charge in [0.1, 0.15) is 5.75 Å². The van der Waals surface area contributed by atoms with Crippen LogP contribution < -0.4 is 15.4 Å². The van der Waals surface area contributed by atoms with E-state index in [1.807, 2.05) is 18.2 Å². The lowest BCUT2D eigenvalue weighted by atomic mass is 10.1. The van der Waals surface area contributed by atoms with Crippen molar-refractivity contribution in [3.05, 3.63) is 64.2 Å². The molecular formula is C23H32ClIN4O2. The summed E-state index contributed by atoms with van der Waals surface area (Å²) >= 11 is 6.06. The van der Waals surface area contributed by atoms with E-state index >= 15 is 0 Å². The third-order valence-electron chi connectivity index (χ3n) is 5.06. The topological polar surface area (TPSA) is 58.1 Å². The van der Waals surface area contributed by atoms with Gasteiger partial charge in [0.15, 0.2) is 5.96 Å². The first kappa shape index (κ1) is 25.7. The van der Waals surface area contributed by atoms with Gasteiger partial charge in [-0.25, -0.2) is 4.99 Å². The number of hydrogen-bond donors (Lipinski definition) is 2. The fourth-order valence-electron chi connectivity index (χ4n) is 3.42. The number of methoxy groups -OCH3 is 1. The number of hydrogen-bond acceptors (Lipinski definition) is 4. The zero-order chi connectivity index (χ0) is 21.2. The number of guanidine groups is 1. The monoisotopic (exact) mass is 558 g/mol. The van der Waals surface area contributed by atoms with Crippen molar-refractivity contribution in [3.63, 3.8) is 0 Å². The molecule has 0 aromatic heterocycles.